The number of rotatable bonds is 3. The van der Waals surface area contributed by atoms with Crippen molar-refractivity contribution in [3.8, 4) is 0 Å². The molecular formula is C7H12O. The first-order valence-corrected chi connectivity index (χ1v) is 2.53. The molecule has 0 bridgehead atoms. The van der Waals surface area contributed by atoms with Crippen molar-refractivity contribution in [3.05, 3.63) is 24.5 Å². The van der Waals surface area contributed by atoms with E-state index in [1.165, 1.54) is 0 Å². The molecule has 1 nitrogen and oxygen atoms in total. The van der Waals surface area contributed by atoms with Crippen molar-refractivity contribution >= 4 is 0 Å². The zero-order valence-electron chi connectivity index (χ0n) is 5.53. The molecule has 0 aromatic heterocycles. The highest BCUT2D eigenvalue weighted by molar-refractivity contribution is 5.00. The van der Waals surface area contributed by atoms with Gasteiger partial charge in [-0.05, 0) is 6.92 Å². The second-order valence-corrected chi connectivity index (χ2v) is 1.88. The van der Waals surface area contributed by atoms with Gasteiger partial charge in [-0.25, -0.2) is 0 Å². The third kappa shape index (κ3) is 3.47. The summed E-state index contributed by atoms with van der Waals surface area (Å²) in [6.45, 7) is 9.28. The van der Waals surface area contributed by atoms with E-state index in [0.29, 0.717) is 0 Å². The fourth-order valence-electron chi connectivity index (χ4n) is 0.409. The molecule has 0 fully saturated rings. The lowest BCUT2D eigenvalue weighted by Gasteiger charge is -2.00. The second-order valence-electron chi connectivity index (χ2n) is 1.88. The van der Waals surface area contributed by atoms with Gasteiger partial charge in [0.1, 0.15) is 0 Å². The first-order chi connectivity index (χ1) is 3.66. The molecule has 8 heavy (non-hydrogen) atoms. The highest BCUT2D eigenvalue weighted by Gasteiger charge is 1.89. The van der Waals surface area contributed by atoms with E-state index in [-0.39, 0.29) is 0 Å². The summed E-state index contributed by atoms with van der Waals surface area (Å²) in [5, 5.41) is 0. The summed E-state index contributed by atoms with van der Waals surface area (Å²) < 4.78 is 4.81. The van der Waals surface area contributed by atoms with Crippen molar-refractivity contribution in [2.45, 2.75) is 13.3 Å². The number of methoxy groups -OCH3 is 1. The molecule has 0 aromatic carbocycles. The molecule has 0 atom stereocenters. The number of hydrogen-bond acceptors (Lipinski definition) is 1. The normalized spacial score (nSPS) is 8.25. The quantitative estimate of drug-likeness (QED) is 0.401. The van der Waals surface area contributed by atoms with Crippen molar-refractivity contribution < 1.29 is 4.74 Å². The Bertz CT molecular complexity index is 103. The Balaban J connectivity index is 3.40. The first-order valence-electron chi connectivity index (χ1n) is 2.53. The predicted octanol–water partition coefficient (Wildman–Crippen LogP) is 2.11. The van der Waals surface area contributed by atoms with Crippen LogP contribution >= 0.6 is 0 Å². The van der Waals surface area contributed by atoms with E-state index in [2.05, 4.69) is 13.2 Å². The van der Waals surface area contributed by atoms with E-state index in [1.54, 1.807) is 7.11 Å². The van der Waals surface area contributed by atoms with Gasteiger partial charge >= 0.3 is 0 Å². The number of hydrogen-bond donors (Lipinski definition) is 0. The van der Waals surface area contributed by atoms with Gasteiger partial charge < -0.3 is 4.74 Å². The summed E-state index contributed by atoms with van der Waals surface area (Å²) in [5.74, 6) is 0.775. The molecule has 1 heteroatoms. The van der Waals surface area contributed by atoms with E-state index in [0.717, 1.165) is 17.8 Å². The van der Waals surface area contributed by atoms with Crippen LogP contribution in [0.25, 0.3) is 0 Å². The molecule has 0 aromatic rings. The van der Waals surface area contributed by atoms with Crippen molar-refractivity contribution in [1.82, 2.24) is 0 Å². The van der Waals surface area contributed by atoms with Crippen LogP contribution in [0.5, 0.6) is 0 Å². The summed E-state index contributed by atoms with van der Waals surface area (Å²) >= 11 is 0. The summed E-state index contributed by atoms with van der Waals surface area (Å²) in [4.78, 5) is 0. The van der Waals surface area contributed by atoms with Gasteiger partial charge in [0.05, 0.1) is 12.9 Å². The molecule has 0 aliphatic rings. The lowest BCUT2D eigenvalue weighted by Crippen LogP contribution is -1.83. The minimum absolute atomic E-state index is 0.774. The maximum atomic E-state index is 4.81. The highest BCUT2D eigenvalue weighted by atomic mass is 16.5. The third-order valence-corrected chi connectivity index (χ3v) is 0.788. The van der Waals surface area contributed by atoms with Gasteiger partial charge in [-0.2, -0.15) is 0 Å². The van der Waals surface area contributed by atoms with Crippen LogP contribution in [0.15, 0.2) is 24.5 Å². The second kappa shape index (κ2) is 3.30. The van der Waals surface area contributed by atoms with Crippen LogP contribution in [0.4, 0.5) is 0 Å². The molecule has 0 saturated heterocycles. The minimum Gasteiger partial charge on any atom is -0.501 e. The summed E-state index contributed by atoms with van der Waals surface area (Å²) in [7, 11) is 1.62. The van der Waals surface area contributed by atoms with E-state index < -0.39 is 0 Å². The molecule has 0 unspecified atom stereocenters. The van der Waals surface area contributed by atoms with Gasteiger partial charge in [-0.3, -0.25) is 0 Å². The molecule has 0 saturated carbocycles. The van der Waals surface area contributed by atoms with Crippen LogP contribution in [0.2, 0.25) is 0 Å². The van der Waals surface area contributed by atoms with Crippen LogP contribution in [0.1, 0.15) is 13.3 Å². The largest absolute Gasteiger partial charge is 0.501 e. The standard InChI is InChI=1S/C7H12O/c1-6(2)5-7(3)8-4/h1,3,5H2,2,4H3. The van der Waals surface area contributed by atoms with Crippen LogP contribution in [0, 0.1) is 0 Å². The molecular weight excluding hydrogens is 100 g/mol. The molecule has 46 valence electrons. The van der Waals surface area contributed by atoms with E-state index in [1.807, 2.05) is 6.92 Å². The molecule has 0 heterocycles. The SMILES string of the molecule is C=C(C)CC(=C)OC. The fourth-order valence-corrected chi connectivity index (χ4v) is 0.409. The Morgan fingerprint density at radius 3 is 2.12 bits per heavy atom. The Morgan fingerprint density at radius 2 is 2.00 bits per heavy atom. The Kier molecular flexibility index (Phi) is 3.01. The van der Waals surface area contributed by atoms with E-state index in [4.69, 9.17) is 4.74 Å². The van der Waals surface area contributed by atoms with Crippen LogP contribution < -0.4 is 0 Å². The molecule has 0 spiro atoms. The van der Waals surface area contributed by atoms with Crippen LogP contribution in [0.3, 0.4) is 0 Å². The molecule has 0 radical (unpaired) electrons. The van der Waals surface area contributed by atoms with Crippen LogP contribution in [-0.2, 0) is 4.74 Å². The van der Waals surface area contributed by atoms with Crippen molar-refractivity contribution in [3.63, 3.8) is 0 Å². The monoisotopic (exact) mass is 112 g/mol. The predicted molar refractivity (Wildman–Crippen MR) is 35.6 cm³/mol. The van der Waals surface area contributed by atoms with Crippen molar-refractivity contribution in [1.29, 1.82) is 0 Å². The zero-order valence-corrected chi connectivity index (χ0v) is 5.53. The lowest BCUT2D eigenvalue weighted by atomic mass is 10.2. The Labute approximate surface area is 50.7 Å². The van der Waals surface area contributed by atoms with Gasteiger partial charge in [0, 0.05) is 6.42 Å². The van der Waals surface area contributed by atoms with Crippen LogP contribution in [-0.4, -0.2) is 7.11 Å². The fraction of sp³-hybridized carbons (Fsp3) is 0.429. The maximum Gasteiger partial charge on any atom is 0.0924 e. The van der Waals surface area contributed by atoms with Crippen molar-refractivity contribution in [2.24, 2.45) is 0 Å². The lowest BCUT2D eigenvalue weighted by molar-refractivity contribution is 0.285. The topological polar surface area (TPSA) is 9.23 Å². The Morgan fingerprint density at radius 1 is 1.50 bits per heavy atom. The summed E-state index contributed by atoms with van der Waals surface area (Å²) in [6.07, 6.45) is 0.774. The summed E-state index contributed by atoms with van der Waals surface area (Å²) in [5.41, 5.74) is 1.08. The van der Waals surface area contributed by atoms with Gasteiger partial charge in [0.15, 0.2) is 0 Å². The maximum absolute atomic E-state index is 4.81. The first kappa shape index (κ1) is 7.28. The van der Waals surface area contributed by atoms with Gasteiger partial charge in [0.2, 0.25) is 0 Å². The average Bonchev–Trinajstić information content (AvgIpc) is 1.65. The minimum atomic E-state index is 0.774. The smallest absolute Gasteiger partial charge is 0.0924 e. The van der Waals surface area contributed by atoms with Crippen molar-refractivity contribution in [2.75, 3.05) is 7.11 Å². The van der Waals surface area contributed by atoms with E-state index in [9.17, 15) is 0 Å². The summed E-state index contributed by atoms with van der Waals surface area (Å²) in [6, 6.07) is 0. The van der Waals surface area contributed by atoms with Gasteiger partial charge in [-0.1, -0.05) is 18.7 Å². The molecule has 0 rings (SSSR count). The molecule has 0 aliphatic heterocycles. The zero-order chi connectivity index (χ0) is 6.57. The molecule has 0 N–H and O–H groups in total. The Hall–Kier alpha value is -0.720. The third-order valence-electron chi connectivity index (χ3n) is 0.788. The average molecular weight is 112 g/mol. The van der Waals surface area contributed by atoms with E-state index >= 15 is 0 Å². The highest BCUT2D eigenvalue weighted by Crippen LogP contribution is 2.04. The molecule has 0 aliphatic carbocycles. The number of ether oxygens (including phenoxy) is 1. The van der Waals surface area contributed by atoms with Gasteiger partial charge in [0.25, 0.3) is 0 Å². The molecule has 0 amide bonds. The van der Waals surface area contributed by atoms with Gasteiger partial charge in [-0.15, -0.1) is 0 Å². The number of allylic oxidation sites excluding steroid dienone is 1.